The molecule has 1 atom stereocenters. The number of rotatable bonds is 5. The summed E-state index contributed by atoms with van der Waals surface area (Å²) in [6.07, 6.45) is 0.212. The van der Waals surface area contributed by atoms with Crippen LogP contribution < -0.4 is 4.74 Å². The van der Waals surface area contributed by atoms with Crippen molar-refractivity contribution in [2.75, 3.05) is 13.2 Å². The number of thiophene rings is 1. The predicted octanol–water partition coefficient (Wildman–Crippen LogP) is 2.65. The van der Waals surface area contributed by atoms with Gasteiger partial charge in [0.2, 0.25) is 0 Å². The van der Waals surface area contributed by atoms with Crippen LogP contribution >= 0.6 is 11.3 Å². The summed E-state index contributed by atoms with van der Waals surface area (Å²) in [6.45, 7) is 1.31. The first-order valence-electron chi connectivity index (χ1n) is 5.94. The van der Waals surface area contributed by atoms with Crippen LogP contribution in [0.25, 0.3) is 0 Å². The Morgan fingerprint density at radius 1 is 1.47 bits per heavy atom. The van der Waals surface area contributed by atoms with Crippen LogP contribution in [0.2, 0.25) is 0 Å². The van der Waals surface area contributed by atoms with Crippen molar-refractivity contribution in [3.8, 4) is 11.5 Å². The van der Waals surface area contributed by atoms with Crippen LogP contribution in [0.5, 0.6) is 11.5 Å². The Hall–Kier alpha value is -1.85. The van der Waals surface area contributed by atoms with Gasteiger partial charge in [0.05, 0.1) is 17.2 Å². The second kappa shape index (κ2) is 5.03. The number of ether oxygens (including phenoxy) is 2. The van der Waals surface area contributed by atoms with Gasteiger partial charge in [-0.25, -0.2) is 0 Å². The van der Waals surface area contributed by atoms with Crippen LogP contribution in [0.15, 0.2) is 35.7 Å². The van der Waals surface area contributed by atoms with E-state index in [0.717, 1.165) is 12.2 Å². The summed E-state index contributed by atoms with van der Waals surface area (Å²) in [5, 5.41) is 19.5. The standard InChI is InChI=1S/C14H13NO3S/c15-13(14-12(16)4-5-19-14)9-2-1-3-10(6-9)17-7-11-8-18-11/h1-6,11,15-16H,7-8H2. The van der Waals surface area contributed by atoms with Crippen molar-refractivity contribution in [1.82, 2.24) is 0 Å². The number of benzene rings is 1. The van der Waals surface area contributed by atoms with E-state index in [0.29, 0.717) is 22.9 Å². The summed E-state index contributed by atoms with van der Waals surface area (Å²) in [5.41, 5.74) is 1.03. The lowest BCUT2D eigenvalue weighted by atomic mass is 10.1. The molecular weight excluding hydrogens is 262 g/mol. The van der Waals surface area contributed by atoms with E-state index in [-0.39, 0.29) is 11.9 Å². The molecule has 5 heteroatoms. The Morgan fingerprint density at radius 3 is 3.00 bits per heavy atom. The van der Waals surface area contributed by atoms with Crippen molar-refractivity contribution in [1.29, 1.82) is 5.41 Å². The molecule has 1 unspecified atom stereocenters. The molecule has 1 aliphatic rings. The number of hydrogen-bond donors (Lipinski definition) is 2. The van der Waals surface area contributed by atoms with Gasteiger partial charge in [-0.15, -0.1) is 11.3 Å². The van der Waals surface area contributed by atoms with E-state index in [1.54, 1.807) is 11.4 Å². The Bertz CT molecular complexity index is 604. The van der Waals surface area contributed by atoms with Crippen LogP contribution in [0.3, 0.4) is 0 Å². The maximum absolute atomic E-state index is 9.66. The van der Waals surface area contributed by atoms with E-state index in [4.69, 9.17) is 14.9 Å². The lowest BCUT2D eigenvalue weighted by Gasteiger charge is -2.07. The van der Waals surface area contributed by atoms with Crippen LogP contribution in [-0.4, -0.2) is 30.1 Å². The van der Waals surface area contributed by atoms with Gasteiger partial charge in [-0.05, 0) is 23.6 Å². The van der Waals surface area contributed by atoms with Gasteiger partial charge in [-0.2, -0.15) is 0 Å². The summed E-state index contributed by atoms with van der Waals surface area (Å²) < 4.78 is 10.7. The fourth-order valence-electron chi connectivity index (χ4n) is 1.72. The van der Waals surface area contributed by atoms with Crippen LogP contribution in [0.4, 0.5) is 0 Å². The van der Waals surface area contributed by atoms with Gasteiger partial charge >= 0.3 is 0 Å². The molecule has 1 aromatic carbocycles. The van der Waals surface area contributed by atoms with Gasteiger partial charge in [0, 0.05) is 5.56 Å². The molecule has 0 saturated carbocycles. The Balaban J connectivity index is 1.78. The summed E-state index contributed by atoms with van der Waals surface area (Å²) >= 11 is 1.35. The van der Waals surface area contributed by atoms with Gasteiger partial charge in [0.15, 0.2) is 0 Å². The van der Waals surface area contributed by atoms with Crippen molar-refractivity contribution in [3.05, 3.63) is 46.2 Å². The summed E-state index contributed by atoms with van der Waals surface area (Å²) in [5.74, 6) is 0.862. The van der Waals surface area contributed by atoms with Crippen LogP contribution in [0.1, 0.15) is 10.4 Å². The lowest BCUT2D eigenvalue weighted by molar-refractivity contribution is 0.263. The highest BCUT2D eigenvalue weighted by Gasteiger charge is 2.23. The molecule has 2 heterocycles. The third kappa shape index (κ3) is 2.77. The van der Waals surface area contributed by atoms with Gasteiger partial charge in [-0.3, -0.25) is 5.41 Å². The maximum Gasteiger partial charge on any atom is 0.135 e. The molecule has 4 nitrogen and oxygen atoms in total. The molecule has 0 amide bonds. The fourth-order valence-corrected chi connectivity index (χ4v) is 2.47. The van der Waals surface area contributed by atoms with E-state index in [2.05, 4.69) is 0 Å². The lowest BCUT2D eigenvalue weighted by Crippen LogP contribution is -2.05. The molecule has 19 heavy (non-hydrogen) atoms. The molecule has 0 radical (unpaired) electrons. The average molecular weight is 275 g/mol. The van der Waals surface area contributed by atoms with E-state index < -0.39 is 0 Å². The number of nitrogens with one attached hydrogen (secondary N) is 1. The van der Waals surface area contributed by atoms with Crippen LogP contribution in [0, 0.1) is 5.41 Å². The summed E-state index contributed by atoms with van der Waals surface area (Å²) in [4.78, 5) is 0.572. The van der Waals surface area contributed by atoms with E-state index in [9.17, 15) is 5.11 Å². The highest BCUT2D eigenvalue weighted by molar-refractivity contribution is 7.12. The minimum Gasteiger partial charge on any atom is -0.506 e. The molecule has 1 aromatic heterocycles. The van der Waals surface area contributed by atoms with Crippen LogP contribution in [-0.2, 0) is 4.74 Å². The van der Waals surface area contributed by atoms with Crippen molar-refractivity contribution < 1.29 is 14.6 Å². The number of hydrogen-bond acceptors (Lipinski definition) is 5. The molecule has 1 saturated heterocycles. The van der Waals surface area contributed by atoms with Gasteiger partial charge in [0.25, 0.3) is 0 Å². The van der Waals surface area contributed by atoms with Gasteiger partial charge in [-0.1, -0.05) is 12.1 Å². The largest absolute Gasteiger partial charge is 0.506 e. The molecule has 0 spiro atoms. The second-order valence-electron chi connectivity index (χ2n) is 4.30. The molecule has 98 valence electrons. The van der Waals surface area contributed by atoms with E-state index >= 15 is 0 Å². The molecule has 2 aromatic rings. The fraction of sp³-hybridized carbons (Fsp3) is 0.214. The summed E-state index contributed by atoms with van der Waals surface area (Å²) in [6, 6.07) is 8.94. The van der Waals surface area contributed by atoms with Crippen molar-refractivity contribution in [3.63, 3.8) is 0 Å². The van der Waals surface area contributed by atoms with Gasteiger partial charge in [0.1, 0.15) is 24.2 Å². The highest BCUT2D eigenvalue weighted by atomic mass is 32.1. The van der Waals surface area contributed by atoms with Gasteiger partial charge < -0.3 is 14.6 Å². The Morgan fingerprint density at radius 2 is 2.32 bits per heavy atom. The molecule has 1 fully saturated rings. The first-order valence-corrected chi connectivity index (χ1v) is 6.82. The first kappa shape index (κ1) is 12.2. The van der Waals surface area contributed by atoms with Crippen molar-refractivity contribution in [2.24, 2.45) is 0 Å². The first-order chi connectivity index (χ1) is 9.24. The normalized spacial score (nSPS) is 17.2. The smallest absolute Gasteiger partial charge is 0.135 e. The number of aromatic hydroxyl groups is 1. The topological polar surface area (TPSA) is 65.8 Å². The second-order valence-corrected chi connectivity index (χ2v) is 5.22. The average Bonchev–Trinajstić information content (AvgIpc) is 3.17. The molecule has 1 aliphatic heterocycles. The molecule has 0 aliphatic carbocycles. The van der Waals surface area contributed by atoms with Crippen molar-refractivity contribution in [2.45, 2.75) is 6.10 Å². The third-order valence-electron chi connectivity index (χ3n) is 2.83. The van der Waals surface area contributed by atoms with E-state index in [1.165, 1.54) is 11.3 Å². The van der Waals surface area contributed by atoms with Crippen molar-refractivity contribution >= 4 is 17.0 Å². The Kier molecular flexibility index (Phi) is 3.23. The third-order valence-corrected chi connectivity index (χ3v) is 3.75. The zero-order chi connectivity index (χ0) is 13.2. The highest BCUT2D eigenvalue weighted by Crippen LogP contribution is 2.27. The zero-order valence-corrected chi connectivity index (χ0v) is 10.9. The minimum atomic E-state index is 0.146. The molecule has 3 rings (SSSR count). The zero-order valence-electron chi connectivity index (χ0n) is 10.1. The monoisotopic (exact) mass is 275 g/mol. The number of epoxide rings is 1. The van der Waals surface area contributed by atoms with E-state index in [1.807, 2.05) is 24.3 Å². The predicted molar refractivity (Wildman–Crippen MR) is 73.6 cm³/mol. The minimum absolute atomic E-state index is 0.146. The quantitative estimate of drug-likeness (QED) is 0.651. The SMILES string of the molecule is N=C(c1cccc(OCC2CO2)c1)c1sccc1O. The molecular formula is C14H13NO3S. The molecule has 2 N–H and O–H groups in total. The maximum atomic E-state index is 9.66. The molecule has 0 bridgehead atoms. The Labute approximate surface area is 114 Å². The summed E-state index contributed by atoms with van der Waals surface area (Å²) in [7, 11) is 0.